The average molecular weight is 816 g/mol. The third-order valence-corrected chi connectivity index (χ3v) is 11.8. The van der Waals surface area contributed by atoms with E-state index in [1.54, 1.807) is 0 Å². The molecule has 59 heavy (non-hydrogen) atoms. The van der Waals surface area contributed by atoms with Gasteiger partial charge >= 0.3 is 0 Å². The van der Waals surface area contributed by atoms with Crippen molar-refractivity contribution in [2.24, 2.45) is 0 Å². The van der Waals surface area contributed by atoms with Crippen LogP contribution in [0.15, 0.2) is 127 Å². The molecule has 306 valence electrons. The molecule has 1 aromatic heterocycles. The lowest BCUT2D eigenvalue weighted by Crippen LogP contribution is -2.15. The first-order chi connectivity index (χ1) is 28.7. The van der Waals surface area contributed by atoms with Crippen LogP contribution in [0.1, 0.15) is 47.1 Å². The molecule has 0 bridgehead atoms. The molecule has 0 aliphatic carbocycles. The van der Waals surface area contributed by atoms with Crippen LogP contribution in [0.4, 0.5) is 0 Å². The van der Waals surface area contributed by atoms with Crippen LogP contribution in [-0.4, -0.2) is 38.7 Å². The van der Waals surface area contributed by atoms with Gasteiger partial charge in [-0.1, -0.05) is 0 Å². The molecule has 10 heteroatoms. The maximum Gasteiger partial charge on any atom is 0.196 e. The number of ether oxygens (including phenoxy) is 9. The Bertz CT molecular complexity index is 2430. The quantitative estimate of drug-likeness (QED) is 0.0585. The second-order valence-electron chi connectivity index (χ2n) is 13.7. The van der Waals surface area contributed by atoms with Gasteiger partial charge in [-0.2, -0.15) is 0 Å². The molecule has 7 rings (SSSR count). The lowest BCUT2D eigenvalue weighted by atomic mass is 10.1. The molecule has 1 heterocycles. The highest BCUT2D eigenvalue weighted by Crippen LogP contribution is 2.52. The number of hydrogen-bond donors (Lipinski definition) is 0. The zero-order valence-electron chi connectivity index (χ0n) is 34.6. The predicted octanol–water partition coefficient (Wildman–Crippen LogP) is 13.7. The van der Waals surface area contributed by atoms with Crippen LogP contribution < -0.4 is 28.4 Å². The predicted molar refractivity (Wildman–Crippen MR) is 235 cm³/mol. The lowest BCUT2D eigenvalue weighted by Gasteiger charge is -2.14. The highest BCUT2D eigenvalue weighted by atomic mass is 32.2. The SMILES string of the molecule is CCOC(C)Oc1ccc(Oc2ccc(-[s+]3c4ccc(Oc5ccc(OC(C)OCC)cc5)cc4c4cc(Oc5ccc(OC(C)OCC)cc5)cc(C)c43)cc2)cc1. The molecule has 4 unspecified atom stereocenters. The molecule has 0 aliphatic rings. The third kappa shape index (κ3) is 10.5. The van der Waals surface area contributed by atoms with Gasteiger partial charge in [-0.25, -0.2) is 0 Å². The minimum absolute atomic E-state index is 0.325. The Morgan fingerprint density at radius 1 is 0.407 bits per heavy atom. The van der Waals surface area contributed by atoms with Gasteiger partial charge < -0.3 is 42.6 Å². The molecule has 0 radical (unpaired) electrons. The van der Waals surface area contributed by atoms with E-state index in [4.69, 9.17) is 42.6 Å². The van der Waals surface area contributed by atoms with Crippen molar-refractivity contribution < 1.29 is 42.6 Å². The molecule has 7 aromatic rings. The normalized spacial score (nSPS) is 13.2. The van der Waals surface area contributed by atoms with Gasteiger partial charge in [0.2, 0.25) is 0 Å². The van der Waals surface area contributed by atoms with Crippen molar-refractivity contribution in [3.8, 4) is 56.6 Å². The van der Waals surface area contributed by atoms with E-state index in [0.29, 0.717) is 48.6 Å². The van der Waals surface area contributed by atoms with Gasteiger partial charge in [0.05, 0.1) is 10.8 Å². The van der Waals surface area contributed by atoms with Gasteiger partial charge in [-0.15, -0.1) is 0 Å². The van der Waals surface area contributed by atoms with Crippen LogP contribution in [-0.2, 0) is 14.2 Å². The van der Waals surface area contributed by atoms with E-state index in [1.165, 1.54) is 14.3 Å². The summed E-state index contributed by atoms with van der Waals surface area (Å²) in [5.41, 5.74) is 1.13. The zero-order valence-corrected chi connectivity index (χ0v) is 35.4. The van der Waals surface area contributed by atoms with Crippen LogP contribution in [0.2, 0.25) is 0 Å². The number of aryl methyl sites for hydroxylation is 1. The number of thiophene rings is 1. The summed E-state index contributed by atoms with van der Waals surface area (Å²) < 4.78 is 55.6. The van der Waals surface area contributed by atoms with Crippen molar-refractivity contribution >= 4 is 30.6 Å². The first kappa shape index (κ1) is 41.4. The summed E-state index contributed by atoms with van der Waals surface area (Å²) in [7, 11) is -0.401. The Morgan fingerprint density at radius 3 is 1.20 bits per heavy atom. The van der Waals surface area contributed by atoms with Gasteiger partial charge in [-0.05, 0) is 158 Å². The Morgan fingerprint density at radius 2 is 0.763 bits per heavy atom. The average Bonchev–Trinajstić information content (AvgIpc) is 3.55. The summed E-state index contributed by atoms with van der Waals surface area (Å²) in [6.45, 7) is 15.4. The van der Waals surface area contributed by atoms with Gasteiger partial charge in [0, 0.05) is 54.1 Å². The van der Waals surface area contributed by atoms with Gasteiger partial charge in [0.1, 0.15) is 51.7 Å². The van der Waals surface area contributed by atoms with E-state index < -0.39 is 10.5 Å². The Hall–Kier alpha value is -5.78. The molecule has 0 spiro atoms. The minimum atomic E-state index is -0.401. The van der Waals surface area contributed by atoms with E-state index in [0.717, 1.165) is 39.3 Å². The molecular weight excluding hydrogens is 765 g/mol. The van der Waals surface area contributed by atoms with Crippen LogP contribution in [0, 0.1) is 6.92 Å². The molecule has 0 N–H and O–H groups in total. The highest BCUT2D eigenvalue weighted by Gasteiger charge is 2.27. The van der Waals surface area contributed by atoms with Crippen molar-refractivity contribution in [2.75, 3.05) is 19.8 Å². The summed E-state index contributed by atoms with van der Waals surface area (Å²) in [6.07, 6.45) is -1.00. The van der Waals surface area contributed by atoms with Gasteiger partial charge in [0.25, 0.3) is 0 Å². The molecule has 9 nitrogen and oxygen atoms in total. The molecule has 0 fully saturated rings. The Labute approximate surface area is 348 Å². The van der Waals surface area contributed by atoms with Crippen molar-refractivity contribution in [2.45, 2.75) is 67.3 Å². The van der Waals surface area contributed by atoms with Crippen LogP contribution >= 0.6 is 10.5 Å². The Balaban J connectivity index is 1.19. The van der Waals surface area contributed by atoms with Crippen molar-refractivity contribution in [1.29, 1.82) is 0 Å². The molecule has 0 aliphatic heterocycles. The standard InChI is InChI=1S/C49H51O9S/c1-8-50-33(5)53-36-11-17-39(18-12-36)56-42-23-26-45(27-24-42)59-48-28-25-43(57-40-19-13-37(14-20-40)54-34(6)51-9-2)30-46(48)47-31-44(29-32(4)49(47)59)58-41-21-15-38(16-22-41)55-35(7)52-10-3/h11-31,33-35H,8-10H2,1-7H3/q+1. The first-order valence-corrected chi connectivity index (χ1v) is 21.2. The van der Waals surface area contributed by atoms with E-state index >= 15 is 0 Å². The summed E-state index contributed by atoms with van der Waals surface area (Å²) in [6, 6.07) is 41.7. The number of rotatable bonds is 19. The monoisotopic (exact) mass is 815 g/mol. The second kappa shape index (κ2) is 19.3. The van der Waals surface area contributed by atoms with Crippen molar-refractivity contribution in [1.82, 2.24) is 0 Å². The number of hydrogen-bond acceptors (Lipinski definition) is 9. The largest absolute Gasteiger partial charge is 0.465 e. The lowest BCUT2D eigenvalue weighted by molar-refractivity contribution is -0.0616. The van der Waals surface area contributed by atoms with E-state index in [2.05, 4.69) is 43.3 Å². The molecule has 0 saturated carbocycles. The van der Waals surface area contributed by atoms with Crippen LogP contribution in [0.25, 0.3) is 25.1 Å². The molecule has 6 aromatic carbocycles. The summed E-state index contributed by atoms with van der Waals surface area (Å²) in [5.74, 6) is 6.47. The molecule has 0 amide bonds. The van der Waals surface area contributed by atoms with Gasteiger partial charge in [-0.3, -0.25) is 0 Å². The Kier molecular flexibility index (Phi) is 13.5. The maximum atomic E-state index is 6.47. The molecule has 4 atom stereocenters. The minimum Gasteiger partial charge on any atom is -0.465 e. The number of benzene rings is 6. The topological polar surface area (TPSA) is 83.1 Å². The summed E-state index contributed by atoms with van der Waals surface area (Å²) in [4.78, 5) is 1.17. The summed E-state index contributed by atoms with van der Waals surface area (Å²) in [5, 5.41) is 2.19. The van der Waals surface area contributed by atoms with E-state index in [9.17, 15) is 0 Å². The first-order valence-electron chi connectivity index (χ1n) is 20.0. The van der Waals surface area contributed by atoms with E-state index in [-0.39, 0.29) is 18.9 Å². The molecular formula is C49H51O9S+. The fourth-order valence-corrected chi connectivity index (χ4v) is 9.26. The molecule has 0 saturated heterocycles. The highest BCUT2D eigenvalue weighted by molar-refractivity contribution is 7.50. The smallest absolute Gasteiger partial charge is 0.196 e. The fourth-order valence-electron chi connectivity index (χ4n) is 6.78. The fraction of sp³-hybridized carbons (Fsp3) is 0.265. The van der Waals surface area contributed by atoms with Gasteiger partial charge in [0.15, 0.2) is 33.2 Å². The maximum absolute atomic E-state index is 6.47. The summed E-state index contributed by atoms with van der Waals surface area (Å²) >= 11 is 0. The second-order valence-corrected chi connectivity index (χ2v) is 15.6. The van der Waals surface area contributed by atoms with Crippen molar-refractivity contribution in [3.63, 3.8) is 0 Å². The van der Waals surface area contributed by atoms with Crippen LogP contribution in [0.5, 0.6) is 51.7 Å². The number of fused-ring (bicyclic) bond motifs is 3. The van der Waals surface area contributed by atoms with E-state index in [1.807, 2.05) is 133 Å². The van der Waals surface area contributed by atoms with Crippen LogP contribution in [0.3, 0.4) is 0 Å². The van der Waals surface area contributed by atoms with Crippen molar-refractivity contribution in [3.05, 3.63) is 133 Å². The zero-order chi connectivity index (χ0) is 41.3. The third-order valence-electron chi connectivity index (χ3n) is 9.26.